The maximum Gasteiger partial charge on any atom is 0.344 e. The van der Waals surface area contributed by atoms with Crippen molar-refractivity contribution < 1.29 is 9.53 Å². The Kier molecular flexibility index (Phi) is 9.93. The Hall–Kier alpha value is -4.53. The Bertz CT molecular complexity index is 1640. The molecule has 0 spiro atoms. The number of halogens is 1. The fraction of sp³-hybridized carbons (Fsp3) is 0.121. The van der Waals surface area contributed by atoms with Gasteiger partial charge in [-0.05, 0) is 48.4 Å². The maximum absolute atomic E-state index is 13.5. The Morgan fingerprint density at radius 3 is 2.21 bits per heavy atom. The molecule has 0 fully saturated rings. The number of para-hydroxylation sites is 2. The average molecular weight is 596 g/mol. The number of esters is 1. The molecule has 0 saturated carbocycles. The maximum atomic E-state index is 13.5. The number of rotatable bonds is 10. The molecular weight excluding hydrogens is 566 g/mol. The lowest BCUT2D eigenvalue weighted by atomic mass is 10.2. The molecule has 0 bridgehead atoms. The molecule has 7 nitrogen and oxygen atoms in total. The molecule has 5 rings (SSSR count). The Morgan fingerprint density at radius 2 is 1.52 bits per heavy atom. The first-order chi connectivity index (χ1) is 20.6. The van der Waals surface area contributed by atoms with Crippen molar-refractivity contribution in [2.24, 2.45) is 4.99 Å². The van der Waals surface area contributed by atoms with Crippen LogP contribution in [0, 0.1) is 0 Å². The van der Waals surface area contributed by atoms with Crippen molar-refractivity contribution in [2.75, 3.05) is 17.2 Å². The lowest BCUT2D eigenvalue weighted by Gasteiger charge is -2.16. The van der Waals surface area contributed by atoms with Crippen molar-refractivity contribution in [1.82, 2.24) is 9.78 Å². The molecular formula is C33H30ClN5O2S. The number of thioether (sulfide) groups is 1. The van der Waals surface area contributed by atoms with E-state index in [1.54, 1.807) is 11.6 Å². The molecule has 0 radical (unpaired) electrons. The van der Waals surface area contributed by atoms with Crippen LogP contribution in [0.2, 0.25) is 5.02 Å². The van der Waals surface area contributed by atoms with E-state index < -0.39 is 5.97 Å². The summed E-state index contributed by atoms with van der Waals surface area (Å²) in [5, 5.41) is 12.8. The second-order valence-electron chi connectivity index (χ2n) is 9.14. The minimum atomic E-state index is -0.470. The standard InChI is InChI=1S/C33H30ClN5O2S/c1-2-41-32(40)29-30(37-33(36-26-17-8-4-9-18-26)35-22-25-16-12-13-21-28(25)34)39(27-19-10-5-11-20-27)38-31(29)42-23-24-14-6-3-7-15-24/h3-21H,2,22-23H2,1H3,(H2,35,36,37). The third-order valence-electron chi connectivity index (χ3n) is 6.19. The number of ether oxygens (including phenoxy) is 1. The highest BCUT2D eigenvalue weighted by Gasteiger charge is 2.27. The fourth-order valence-corrected chi connectivity index (χ4v) is 5.31. The zero-order valence-electron chi connectivity index (χ0n) is 23.0. The number of carbonyl (C=O) groups excluding carboxylic acids is 1. The number of carbonyl (C=O) groups is 1. The van der Waals surface area contributed by atoms with Gasteiger partial charge in [-0.25, -0.2) is 14.5 Å². The molecule has 9 heteroatoms. The van der Waals surface area contributed by atoms with Gasteiger partial charge in [0, 0.05) is 16.5 Å². The summed E-state index contributed by atoms with van der Waals surface area (Å²) in [6.45, 7) is 2.33. The van der Waals surface area contributed by atoms with Gasteiger partial charge in [-0.15, -0.1) is 0 Å². The summed E-state index contributed by atoms with van der Waals surface area (Å²) in [6, 6.07) is 37.0. The predicted octanol–water partition coefficient (Wildman–Crippen LogP) is 8.07. The van der Waals surface area contributed by atoms with Crippen molar-refractivity contribution in [3.8, 4) is 5.69 Å². The number of hydrogen-bond donors (Lipinski definition) is 2. The van der Waals surface area contributed by atoms with Crippen LogP contribution in [0.25, 0.3) is 5.69 Å². The van der Waals surface area contributed by atoms with E-state index in [-0.39, 0.29) is 6.61 Å². The molecule has 0 amide bonds. The topological polar surface area (TPSA) is 80.5 Å². The van der Waals surface area contributed by atoms with Crippen molar-refractivity contribution in [3.63, 3.8) is 0 Å². The fourth-order valence-electron chi connectivity index (χ4n) is 4.16. The van der Waals surface area contributed by atoms with Crippen molar-refractivity contribution >= 4 is 46.8 Å². The molecule has 0 aliphatic heterocycles. The van der Waals surface area contributed by atoms with Crippen LogP contribution in [-0.2, 0) is 17.0 Å². The number of guanidine groups is 1. The molecule has 0 saturated heterocycles. The van der Waals surface area contributed by atoms with Crippen LogP contribution in [0.15, 0.2) is 125 Å². The van der Waals surface area contributed by atoms with Gasteiger partial charge in [0.2, 0.25) is 5.96 Å². The van der Waals surface area contributed by atoms with E-state index in [9.17, 15) is 4.79 Å². The Morgan fingerprint density at radius 1 is 0.881 bits per heavy atom. The van der Waals surface area contributed by atoms with Crippen molar-refractivity contribution in [1.29, 1.82) is 0 Å². The zero-order chi connectivity index (χ0) is 29.1. The summed E-state index contributed by atoms with van der Waals surface area (Å²) in [7, 11) is 0. The van der Waals surface area contributed by atoms with Crippen molar-refractivity contribution in [3.05, 3.63) is 137 Å². The molecule has 2 N–H and O–H groups in total. The van der Waals surface area contributed by atoms with E-state index in [0.717, 1.165) is 22.5 Å². The van der Waals surface area contributed by atoms with E-state index in [2.05, 4.69) is 10.6 Å². The van der Waals surface area contributed by atoms with Gasteiger partial charge in [0.25, 0.3) is 0 Å². The van der Waals surface area contributed by atoms with E-state index in [1.165, 1.54) is 11.8 Å². The second kappa shape index (κ2) is 14.4. The summed E-state index contributed by atoms with van der Waals surface area (Å²) in [5.41, 5.74) is 3.93. The average Bonchev–Trinajstić information content (AvgIpc) is 3.39. The highest BCUT2D eigenvalue weighted by molar-refractivity contribution is 7.98. The van der Waals surface area contributed by atoms with E-state index >= 15 is 0 Å². The zero-order valence-corrected chi connectivity index (χ0v) is 24.6. The van der Waals surface area contributed by atoms with E-state index in [1.807, 2.05) is 115 Å². The molecule has 0 aliphatic rings. The second-order valence-corrected chi connectivity index (χ2v) is 10.5. The summed E-state index contributed by atoms with van der Waals surface area (Å²) in [6.07, 6.45) is 0. The molecule has 0 unspecified atom stereocenters. The number of aromatic nitrogens is 2. The third-order valence-corrected chi connectivity index (χ3v) is 7.60. The molecule has 4 aromatic carbocycles. The number of aliphatic imine (C=N–C) groups is 1. The normalized spacial score (nSPS) is 11.2. The highest BCUT2D eigenvalue weighted by Crippen LogP contribution is 2.33. The van der Waals surface area contributed by atoms with E-state index in [0.29, 0.717) is 39.7 Å². The molecule has 0 aliphatic carbocycles. The van der Waals surface area contributed by atoms with Crippen molar-refractivity contribution in [2.45, 2.75) is 24.2 Å². The van der Waals surface area contributed by atoms with Crippen LogP contribution in [0.3, 0.4) is 0 Å². The van der Waals surface area contributed by atoms with Gasteiger partial charge >= 0.3 is 5.97 Å². The Labute approximate surface area is 254 Å². The van der Waals surface area contributed by atoms with Gasteiger partial charge < -0.3 is 15.4 Å². The van der Waals surface area contributed by atoms with Crippen LogP contribution in [-0.4, -0.2) is 28.3 Å². The minimum Gasteiger partial charge on any atom is -0.462 e. The largest absolute Gasteiger partial charge is 0.462 e. The number of anilines is 2. The predicted molar refractivity (Wildman–Crippen MR) is 172 cm³/mol. The summed E-state index contributed by atoms with van der Waals surface area (Å²) >= 11 is 7.91. The molecule has 42 heavy (non-hydrogen) atoms. The highest BCUT2D eigenvalue weighted by atomic mass is 35.5. The van der Waals surface area contributed by atoms with Crippen LogP contribution in [0.5, 0.6) is 0 Å². The first-order valence-corrected chi connectivity index (χ1v) is 14.9. The monoisotopic (exact) mass is 595 g/mol. The van der Waals surface area contributed by atoms with Crippen LogP contribution in [0.1, 0.15) is 28.4 Å². The van der Waals surface area contributed by atoms with Gasteiger partial charge in [-0.2, -0.15) is 5.10 Å². The van der Waals surface area contributed by atoms with Crippen LogP contribution < -0.4 is 10.6 Å². The van der Waals surface area contributed by atoms with Crippen LogP contribution in [0.4, 0.5) is 11.5 Å². The molecule has 0 atom stereocenters. The Balaban J connectivity index is 1.59. The summed E-state index contributed by atoms with van der Waals surface area (Å²) < 4.78 is 7.25. The van der Waals surface area contributed by atoms with Crippen LogP contribution >= 0.6 is 23.4 Å². The smallest absolute Gasteiger partial charge is 0.344 e. The molecule has 1 aromatic heterocycles. The van der Waals surface area contributed by atoms with Gasteiger partial charge in [0.15, 0.2) is 5.82 Å². The summed E-state index contributed by atoms with van der Waals surface area (Å²) in [4.78, 5) is 18.3. The summed E-state index contributed by atoms with van der Waals surface area (Å²) in [5.74, 6) is 1.02. The quantitative estimate of drug-likeness (QED) is 0.0735. The van der Waals surface area contributed by atoms with Gasteiger partial charge in [0.1, 0.15) is 10.6 Å². The molecule has 5 aromatic rings. The first-order valence-electron chi connectivity index (χ1n) is 13.5. The SMILES string of the molecule is CCOC(=O)c1c(SCc2ccccc2)nn(-c2ccccc2)c1NC(=NCc1ccccc1Cl)Nc1ccccc1. The van der Waals surface area contributed by atoms with E-state index in [4.69, 9.17) is 26.4 Å². The number of hydrogen-bond acceptors (Lipinski definition) is 5. The lowest BCUT2D eigenvalue weighted by Crippen LogP contribution is -2.25. The number of benzene rings is 4. The molecule has 212 valence electrons. The lowest BCUT2D eigenvalue weighted by molar-refractivity contribution is 0.0523. The number of nitrogens with zero attached hydrogens (tertiary/aromatic N) is 3. The third kappa shape index (κ3) is 7.40. The number of nitrogens with one attached hydrogen (secondary N) is 2. The molecule has 1 heterocycles. The van der Waals surface area contributed by atoms with Gasteiger partial charge in [0.05, 0.1) is 18.8 Å². The van der Waals surface area contributed by atoms with Gasteiger partial charge in [-0.1, -0.05) is 108 Å². The minimum absolute atomic E-state index is 0.229. The first kappa shape index (κ1) is 29.0. The van der Waals surface area contributed by atoms with Gasteiger partial charge in [-0.3, -0.25) is 0 Å².